The molecule has 0 radical (unpaired) electrons. The number of rotatable bonds is 2. The van der Waals surface area contributed by atoms with Gasteiger partial charge in [0.15, 0.2) is 5.78 Å². The van der Waals surface area contributed by atoms with Crippen molar-refractivity contribution in [2.24, 2.45) is 28.6 Å². The smallest absolute Gasteiger partial charge is 0.155 e. The van der Waals surface area contributed by atoms with Crippen LogP contribution in [0.3, 0.4) is 0 Å². The third-order valence-electron chi connectivity index (χ3n) is 9.44. The normalized spacial score (nSPS) is 32.8. The zero-order valence-electron chi connectivity index (χ0n) is 24.3. The largest absolute Gasteiger partial charge is 0.295 e. The molecule has 1 aromatic rings. The van der Waals surface area contributed by atoms with Crippen LogP contribution in [0.25, 0.3) is 0 Å². The van der Waals surface area contributed by atoms with E-state index in [1.165, 1.54) is 54.7 Å². The molecule has 2 saturated carbocycles. The Labute approximate surface area is 219 Å². The van der Waals surface area contributed by atoms with Crippen LogP contribution in [-0.2, 0) is 4.79 Å². The second-order valence-corrected chi connectivity index (χ2v) is 12.5. The van der Waals surface area contributed by atoms with Crippen molar-refractivity contribution < 1.29 is 4.79 Å². The highest BCUT2D eigenvalue weighted by Crippen LogP contribution is 2.65. The summed E-state index contributed by atoms with van der Waals surface area (Å²) in [6.07, 6.45) is 14.2. The van der Waals surface area contributed by atoms with Crippen LogP contribution in [0.1, 0.15) is 106 Å². The molecule has 0 amide bonds. The lowest BCUT2D eigenvalue weighted by Crippen LogP contribution is -2.49. The van der Waals surface area contributed by atoms with Gasteiger partial charge in [-0.25, -0.2) is 0 Å². The lowest BCUT2D eigenvalue weighted by molar-refractivity contribution is -0.117. The molecule has 35 heavy (non-hydrogen) atoms. The fourth-order valence-corrected chi connectivity index (χ4v) is 8.26. The van der Waals surface area contributed by atoms with E-state index < -0.39 is 0 Å². The average molecular weight is 497 g/mol. The highest BCUT2D eigenvalue weighted by Gasteiger charge is 2.56. The molecule has 0 N–H and O–H groups in total. The summed E-state index contributed by atoms with van der Waals surface area (Å²) in [5.41, 5.74) is 5.38. The number of fused-ring (bicyclic) bond motifs is 5. The Morgan fingerprint density at radius 1 is 0.914 bits per heavy atom. The van der Waals surface area contributed by atoms with E-state index in [-0.39, 0.29) is 0 Å². The van der Waals surface area contributed by atoms with Crippen molar-refractivity contribution in [1.29, 1.82) is 0 Å². The van der Waals surface area contributed by atoms with E-state index in [1.54, 1.807) is 5.57 Å². The molecule has 0 bridgehead atoms. The van der Waals surface area contributed by atoms with Gasteiger partial charge in [0.05, 0.1) is 0 Å². The van der Waals surface area contributed by atoms with E-state index in [2.05, 4.69) is 65.0 Å². The van der Waals surface area contributed by atoms with Gasteiger partial charge in [0, 0.05) is 6.42 Å². The highest BCUT2D eigenvalue weighted by molar-refractivity contribution is 7.47. The Kier molecular flexibility index (Phi) is 11.5. The summed E-state index contributed by atoms with van der Waals surface area (Å²) in [7, 11) is 0.986. The van der Waals surface area contributed by atoms with Crippen LogP contribution in [0.2, 0.25) is 0 Å². The minimum absolute atomic E-state index is 0.328. The monoisotopic (exact) mass is 496 g/mol. The van der Waals surface area contributed by atoms with Gasteiger partial charge in [-0.15, -0.1) is 0 Å². The van der Waals surface area contributed by atoms with Crippen LogP contribution < -0.4 is 5.30 Å². The summed E-state index contributed by atoms with van der Waals surface area (Å²) in [6.45, 7) is 19.8. The van der Waals surface area contributed by atoms with Gasteiger partial charge in [-0.3, -0.25) is 4.79 Å². The summed E-state index contributed by atoms with van der Waals surface area (Å²) in [5.74, 6) is 2.95. The second-order valence-electron chi connectivity index (χ2n) is 10.9. The topological polar surface area (TPSA) is 17.1 Å². The molecule has 5 rings (SSSR count). The van der Waals surface area contributed by atoms with Gasteiger partial charge in [0.25, 0.3) is 0 Å². The lowest BCUT2D eigenvalue weighted by atomic mass is 9.47. The Morgan fingerprint density at radius 2 is 1.60 bits per heavy atom. The molecule has 4 aliphatic carbocycles. The van der Waals surface area contributed by atoms with Gasteiger partial charge in [-0.2, -0.15) is 0 Å². The molecule has 196 valence electrons. The lowest BCUT2D eigenvalue weighted by Gasteiger charge is -2.57. The molecule has 2 heteroatoms. The fourth-order valence-electron chi connectivity index (χ4n) is 7.30. The number of benzene rings is 1. The third-order valence-corrected chi connectivity index (χ3v) is 10.7. The van der Waals surface area contributed by atoms with Crippen molar-refractivity contribution in [3.8, 4) is 0 Å². The quantitative estimate of drug-likeness (QED) is 0.294. The number of hydrogen-bond donors (Lipinski definition) is 0. The first kappa shape index (κ1) is 30.0. The summed E-state index contributed by atoms with van der Waals surface area (Å²) in [5, 5.41) is 1.52. The van der Waals surface area contributed by atoms with Gasteiger partial charge in [-0.05, 0) is 104 Å². The van der Waals surface area contributed by atoms with Gasteiger partial charge in [0.2, 0.25) is 0 Å². The second kappa shape index (κ2) is 13.4. The van der Waals surface area contributed by atoms with Gasteiger partial charge in [-0.1, -0.05) is 98.5 Å². The zero-order valence-corrected chi connectivity index (χ0v) is 25.3. The van der Waals surface area contributed by atoms with Crippen molar-refractivity contribution in [1.82, 2.24) is 0 Å². The number of allylic oxidation sites excluding steroid dienone is 4. The molecular weight excluding hydrogens is 443 g/mol. The molecule has 0 saturated heterocycles. The molecule has 1 aromatic carbocycles. The van der Waals surface area contributed by atoms with Crippen LogP contribution in [0.15, 0.2) is 47.6 Å². The van der Waals surface area contributed by atoms with Crippen LogP contribution >= 0.6 is 8.58 Å². The van der Waals surface area contributed by atoms with E-state index in [1.807, 2.05) is 33.8 Å². The summed E-state index contributed by atoms with van der Waals surface area (Å²) in [6, 6.07) is 8.61. The third kappa shape index (κ3) is 6.21. The van der Waals surface area contributed by atoms with E-state index in [0.29, 0.717) is 16.6 Å². The van der Waals surface area contributed by atoms with E-state index in [4.69, 9.17) is 0 Å². The van der Waals surface area contributed by atoms with Crippen molar-refractivity contribution in [2.45, 2.75) is 107 Å². The summed E-state index contributed by atoms with van der Waals surface area (Å²) >= 11 is 0. The first-order valence-corrected chi connectivity index (χ1v) is 15.7. The van der Waals surface area contributed by atoms with Crippen molar-refractivity contribution >= 4 is 19.7 Å². The Bertz CT molecular complexity index is 896. The van der Waals surface area contributed by atoms with Crippen LogP contribution in [0, 0.1) is 35.5 Å². The van der Waals surface area contributed by atoms with Crippen LogP contribution in [0.5, 0.6) is 0 Å². The molecule has 4 aliphatic rings. The molecule has 0 aliphatic heterocycles. The van der Waals surface area contributed by atoms with E-state index in [9.17, 15) is 4.79 Å². The highest BCUT2D eigenvalue weighted by atomic mass is 31.1. The number of carbonyl (C=O) groups is 1. The predicted octanol–water partition coefficient (Wildman–Crippen LogP) is 9.45. The van der Waals surface area contributed by atoms with E-state index >= 15 is 0 Å². The minimum atomic E-state index is 0.328. The molecular formula is C33H53OP. The maximum absolute atomic E-state index is 11.8. The first-order chi connectivity index (χ1) is 16.8. The van der Waals surface area contributed by atoms with Crippen LogP contribution in [0.4, 0.5) is 0 Å². The maximum atomic E-state index is 11.8. The SMILES string of the molecule is CC.CC.CC1=CCC2C3CCC4=CC(=O)CCC4(C)C3CCC12C.CCPc1ccccc1C. The first-order valence-electron chi connectivity index (χ1n) is 14.5. The molecule has 0 heterocycles. The molecule has 6 unspecified atom stereocenters. The number of carbonyl (C=O) groups excluding carboxylic acids is 1. The van der Waals surface area contributed by atoms with Crippen LogP contribution in [-0.4, -0.2) is 11.9 Å². The Balaban J connectivity index is 0.000000261. The molecule has 2 fully saturated rings. The molecule has 1 nitrogen and oxygen atoms in total. The Hall–Kier alpha value is -1.20. The van der Waals surface area contributed by atoms with Crippen molar-refractivity contribution in [3.05, 3.63) is 53.1 Å². The van der Waals surface area contributed by atoms with Gasteiger partial charge in [0.1, 0.15) is 0 Å². The van der Waals surface area contributed by atoms with Crippen molar-refractivity contribution in [2.75, 3.05) is 6.16 Å². The summed E-state index contributed by atoms with van der Waals surface area (Å²) < 4.78 is 0. The predicted molar refractivity (Wildman–Crippen MR) is 158 cm³/mol. The number of ketones is 1. The molecule has 0 spiro atoms. The number of hydrogen-bond acceptors (Lipinski definition) is 1. The standard InChI is InChI=1S/C20H28O.C9H13P.2C2H6/c1-13-4-7-17-16-6-5-14-12-15(21)8-10-20(14,3)18(16)9-11-19(13,17)2;1-3-10-9-7-5-4-6-8(9)2;2*1-2/h4,12,16-18H,5-11H2,1-3H3;4-7,10H,3H2,1-2H3;2*1-2H3. The van der Waals surface area contributed by atoms with Gasteiger partial charge < -0.3 is 0 Å². The fraction of sp³-hybridized carbons (Fsp3) is 0.667. The molecule has 6 atom stereocenters. The Morgan fingerprint density at radius 3 is 2.26 bits per heavy atom. The maximum Gasteiger partial charge on any atom is 0.155 e. The van der Waals surface area contributed by atoms with Gasteiger partial charge >= 0.3 is 0 Å². The molecule has 0 aromatic heterocycles. The summed E-state index contributed by atoms with van der Waals surface area (Å²) in [4.78, 5) is 11.8. The minimum Gasteiger partial charge on any atom is -0.295 e. The zero-order chi connectivity index (χ0) is 26.2. The average Bonchev–Trinajstić information content (AvgIpc) is 3.18. The number of aryl methyl sites for hydroxylation is 1. The van der Waals surface area contributed by atoms with Crippen molar-refractivity contribution in [3.63, 3.8) is 0 Å². The van der Waals surface area contributed by atoms with E-state index in [0.717, 1.165) is 39.2 Å².